The number of aliphatic carboxylic acids is 1. The highest BCUT2D eigenvalue weighted by Crippen LogP contribution is 2.26. The number of hydrogen-bond acceptors (Lipinski definition) is 5. The summed E-state index contributed by atoms with van der Waals surface area (Å²) in [5, 5.41) is 18.9. The molecule has 0 aliphatic carbocycles. The molecule has 6 nitrogen and oxygen atoms in total. The lowest BCUT2D eigenvalue weighted by Gasteiger charge is -2.23. The first-order chi connectivity index (χ1) is 8.88. The van der Waals surface area contributed by atoms with Gasteiger partial charge in [0.05, 0.1) is 6.10 Å². The first kappa shape index (κ1) is 13.7. The van der Waals surface area contributed by atoms with E-state index in [1.165, 1.54) is 0 Å². The Kier molecular flexibility index (Phi) is 3.71. The van der Waals surface area contributed by atoms with E-state index >= 15 is 0 Å². The van der Waals surface area contributed by atoms with Gasteiger partial charge in [-0.1, -0.05) is 13.8 Å². The number of aryl methyl sites for hydroxylation is 1. The summed E-state index contributed by atoms with van der Waals surface area (Å²) in [6.45, 7) is 6.14. The first-order valence-electron chi connectivity index (χ1n) is 6.41. The largest absolute Gasteiger partial charge is 0.480 e. The van der Waals surface area contributed by atoms with E-state index in [0.29, 0.717) is 18.2 Å². The van der Waals surface area contributed by atoms with E-state index in [0.717, 1.165) is 5.69 Å². The van der Waals surface area contributed by atoms with Crippen LogP contribution in [-0.4, -0.2) is 44.8 Å². The maximum Gasteiger partial charge on any atom is 0.326 e. The van der Waals surface area contributed by atoms with Gasteiger partial charge in [0.15, 0.2) is 0 Å². The molecule has 104 valence electrons. The molecule has 2 atom stereocenters. The molecule has 6 heteroatoms. The van der Waals surface area contributed by atoms with Crippen LogP contribution in [0.25, 0.3) is 0 Å². The highest BCUT2D eigenvalue weighted by molar-refractivity contribution is 5.78. The fraction of sp³-hybridized carbons (Fsp3) is 0.615. The molecule has 1 fully saturated rings. The van der Waals surface area contributed by atoms with Gasteiger partial charge in [0.1, 0.15) is 17.7 Å². The third-order valence-corrected chi connectivity index (χ3v) is 3.23. The van der Waals surface area contributed by atoms with Crippen molar-refractivity contribution in [3.63, 3.8) is 0 Å². The van der Waals surface area contributed by atoms with Crippen molar-refractivity contribution in [3.8, 4) is 0 Å². The van der Waals surface area contributed by atoms with Gasteiger partial charge >= 0.3 is 5.97 Å². The molecule has 2 N–H and O–H groups in total. The second-order valence-electron chi connectivity index (χ2n) is 5.28. The molecular weight excluding hydrogens is 246 g/mol. The first-order valence-corrected chi connectivity index (χ1v) is 6.41. The summed E-state index contributed by atoms with van der Waals surface area (Å²) in [7, 11) is 0. The van der Waals surface area contributed by atoms with Crippen molar-refractivity contribution in [2.75, 3.05) is 11.4 Å². The molecule has 1 aromatic heterocycles. The molecule has 0 aromatic carbocycles. The van der Waals surface area contributed by atoms with Crippen LogP contribution in [0, 0.1) is 6.92 Å². The van der Waals surface area contributed by atoms with Crippen molar-refractivity contribution in [1.29, 1.82) is 0 Å². The number of nitrogens with zero attached hydrogens (tertiary/aromatic N) is 3. The van der Waals surface area contributed by atoms with Gasteiger partial charge in [-0.05, 0) is 6.92 Å². The molecule has 2 unspecified atom stereocenters. The van der Waals surface area contributed by atoms with Gasteiger partial charge in [-0.3, -0.25) is 0 Å². The molecule has 1 saturated heterocycles. The highest BCUT2D eigenvalue weighted by Gasteiger charge is 2.37. The van der Waals surface area contributed by atoms with Crippen LogP contribution >= 0.6 is 0 Å². The molecule has 0 radical (unpaired) electrons. The number of aromatic nitrogens is 2. The summed E-state index contributed by atoms with van der Waals surface area (Å²) < 4.78 is 0. The summed E-state index contributed by atoms with van der Waals surface area (Å²) in [6, 6.07) is 1.05. The quantitative estimate of drug-likeness (QED) is 0.845. The monoisotopic (exact) mass is 265 g/mol. The third kappa shape index (κ3) is 2.84. The van der Waals surface area contributed by atoms with Crippen LogP contribution in [0.3, 0.4) is 0 Å². The van der Waals surface area contributed by atoms with Crippen LogP contribution in [0.4, 0.5) is 5.82 Å². The van der Waals surface area contributed by atoms with Crippen LogP contribution in [0.2, 0.25) is 0 Å². The zero-order valence-corrected chi connectivity index (χ0v) is 11.4. The summed E-state index contributed by atoms with van der Waals surface area (Å²) in [5.41, 5.74) is 0.805. The average Bonchev–Trinajstić information content (AvgIpc) is 2.70. The molecule has 0 spiro atoms. The molecule has 1 aliphatic heterocycles. The zero-order chi connectivity index (χ0) is 14.2. The van der Waals surface area contributed by atoms with Gasteiger partial charge in [0.25, 0.3) is 0 Å². The van der Waals surface area contributed by atoms with Gasteiger partial charge in [0.2, 0.25) is 0 Å². The molecule has 2 heterocycles. The van der Waals surface area contributed by atoms with Gasteiger partial charge in [-0.2, -0.15) is 0 Å². The third-order valence-electron chi connectivity index (χ3n) is 3.23. The van der Waals surface area contributed by atoms with E-state index in [4.69, 9.17) is 0 Å². The van der Waals surface area contributed by atoms with E-state index in [-0.39, 0.29) is 12.3 Å². The molecule has 19 heavy (non-hydrogen) atoms. The summed E-state index contributed by atoms with van der Waals surface area (Å²) in [5.74, 6) is 0.522. The van der Waals surface area contributed by atoms with Crippen molar-refractivity contribution >= 4 is 11.8 Å². The van der Waals surface area contributed by atoms with Crippen LogP contribution in [0.15, 0.2) is 6.07 Å². The molecule has 1 aromatic rings. The molecule has 1 aliphatic rings. The Morgan fingerprint density at radius 2 is 2.16 bits per heavy atom. The Morgan fingerprint density at radius 1 is 1.47 bits per heavy atom. The van der Waals surface area contributed by atoms with Crippen LogP contribution in [0.5, 0.6) is 0 Å². The number of carboxylic acids is 1. The Balaban J connectivity index is 2.37. The van der Waals surface area contributed by atoms with Crippen molar-refractivity contribution in [2.24, 2.45) is 0 Å². The smallest absolute Gasteiger partial charge is 0.326 e. The van der Waals surface area contributed by atoms with Crippen LogP contribution in [-0.2, 0) is 4.79 Å². The number of anilines is 1. The van der Waals surface area contributed by atoms with Crippen molar-refractivity contribution in [3.05, 3.63) is 17.6 Å². The Hall–Kier alpha value is -1.69. The minimum absolute atomic E-state index is 0.175. The van der Waals surface area contributed by atoms with Gasteiger partial charge in [-0.25, -0.2) is 14.8 Å². The minimum atomic E-state index is -0.932. The van der Waals surface area contributed by atoms with Crippen LogP contribution < -0.4 is 4.90 Å². The van der Waals surface area contributed by atoms with Crippen molar-refractivity contribution < 1.29 is 15.0 Å². The number of carbonyl (C=O) groups is 1. The van der Waals surface area contributed by atoms with E-state index in [9.17, 15) is 15.0 Å². The molecule has 0 amide bonds. The average molecular weight is 265 g/mol. The topological polar surface area (TPSA) is 86.5 Å². The summed E-state index contributed by atoms with van der Waals surface area (Å²) in [4.78, 5) is 21.7. The lowest BCUT2D eigenvalue weighted by atomic mass is 10.2. The molecule has 2 rings (SSSR count). The zero-order valence-electron chi connectivity index (χ0n) is 11.4. The summed E-state index contributed by atoms with van der Waals surface area (Å²) in [6.07, 6.45) is -0.395. The molecular formula is C13H19N3O3. The standard InChI is InChI=1S/C13H19N3O3/c1-7(2)12-14-8(3)4-11(15-12)16-6-9(17)5-10(16)13(18)19/h4,7,9-10,17H,5-6H2,1-3H3,(H,18,19). The maximum absolute atomic E-state index is 11.2. The van der Waals surface area contributed by atoms with E-state index < -0.39 is 18.1 Å². The van der Waals surface area contributed by atoms with Crippen molar-refractivity contribution in [2.45, 2.75) is 45.3 Å². The van der Waals surface area contributed by atoms with E-state index in [1.807, 2.05) is 20.8 Å². The minimum Gasteiger partial charge on any atom is -0.480 e. The Labute approximate surface area is 112 Å². The lowest BCUT2D eigenvalue weighted by Crippen LogP contribution is -2.36. The highest BCUT2D eigenvalue weighted by atomic mass is 16.4. The van der Waals surface area contributed by atoms with E-state index in [1.54, 1.807) is 11.0 Å². The van der Waals surface area contributed by atoms with Gasteiger partial charge in [0, 0.05) is 30.6 Å². The number of aliphatic hydroxyl groups is 1. The second-order valence-corrected chi connectivity index (χ2v) is 5.28. The fourth-order valence-corrected chi connectivity index (χ4v) is 2.28. The SMILES string of the molecule is Cc1cc(N2CC(O)CC2C(=O)O)nc(C(C)C)n1. The lowest BCUT2D eigenvalue weighted by molar-refractivity contribution is -0.138. The normalized spacial score (nSPS) is 23.1. The van der Waals surface area contributed by atoms with Gasteiger partial charge < -0.3 is 15.1 Å². The predicted molar refractivity (Wildman–Crippen MR) is 70.3 cm³/mol. The number of β-amino-alcohol motifs (C(OH)–C–C–N with tert-alkyl or cyclic N) is 1. The fourth-order valence-electron chi connectivity index (χ4n) is 2.28. The number of carboxylic acid groups (broad SMARTS) is 1. The number of aliphatic hydroxyl groups excluding tert-OH is 1. The molecule has 0 saturated carbocycles. The number of rotatable bonds is 3. The Morgan fingerprint density at radius 3 is 2.74 bits per heavy atom. The predicted octanol–water partition coefficient (Wildman–Crippen LogP) is 0.933. The molecule has 0 bridgehead atoms. The second kappa shape index (κ2) is 5.13. The van der Waals surface area contributed by atoms with Gasteiger partial charge in [-0.15, -0.1) is 0 Å². The van der Waals surface area contributed by atoms with Crippen LogP contribution in [0.1, 0.15) is 37.7 Å². The summed E-state index contributed by atoms with van der Waals surface area (Å²) >= 11 is 0. The van der Waals surface area contributed by atoms with Crippen molar-refractivity contribution in [1.82, 2.24) is 9.97 Å². The number of hydrogen-bond donors (Lipinski definition) is 2. The van der Waals surface area contributed by atoms with E-state index in [2.05, 4.69) is 9.97 Å². The Bertz CT molecular complexity index is 490. The maximum atomic E-state index is 11.2.